The number of amides is 2. The van der Waals surface area contributed by atoms with E-state index in [0.29, 0.717) is 27.6 Å². The maximum Gasteiger partial charge on any atom is 0.339 e. The van der Waals surface area contributed by atoms with Crippen LogP contribution < -0.4 is 15.4 Å². The van der Waals surface area contributed by atoms with Gasteiger partial charge in [0.15, 0.2) is 12.4 Å². The number of nitrogens with one attached hydrogen (secondary N) is 2. The Morgan fingerprint density at radius 3 is 2.29 bits per heavy atom. The monoisotopic (exact) mass is 492 g/mol. The molecule has 0 spiro atoms. The number of anilines is 2. The maximum absolute atomic E-state index is 12.6. The summed E-state index contributed by atoms with van der Waals surface area (Å²) < 4.78 is 10.3. The summed E-state index contributed by atoms with van der Waals surface area (Å²) in [5.41, 5.74) is 1.55. The fraction of sp³-hybridized carbons (Fsp3) is 0.154. The molecule has 0 fully saturated rings. The summed E-state index contributed by atoms with van der Waals surface area (Å²) >= 11 is 1.17. The minimum Gasteiger partial charge on any atom is -0.497 e. The van der Waals surface area contributed by atoms with Gasteiger partial charge in [0.2, 0.25) is 5.91 Å². The van der Waals surface area contributed by atoms with E-state index >= 15 is 0 Å². The van der Waals surface area contributed by atoms with E-state index in [-0.39, 0.29) is 23.0 Å². The van der Waals surface area contributed by atoms with Crippen molar-refractivity contribution in [2.75, 3.05) is 30.1 Å². The summed E-state index contributed by atoms with van der Waals surface area (Å²) in [7, 11) is 1.54. The number of ether oxygens (including phenoxy) is 2. The molecule has 0 aliphatic carbocycles. The van der Waals surface area contributed by atoms with Crippen molar-refractivity contribution in [2.24, 2.45) is 0 Å². The number of benzene rings is 3. The molecule has 0 atom stereocenters. The Kier molecular flexibility index (Phi) is 9.02. The molecule has 0 saturated carbocycles. The predicted octanol–water partition coefficient (Wildman–Crippen LogP) is 4.42. The van der Waals surface area contributed by atoms with Gasteiger partial charge in [0.1, 0.15) is 5.75 Å². The number of esters is 1. The van der Waals surface area contributed by atoms with E-state index in [9.17, 15) is 19.2 Å². The smallest absolute Gasteiger partial charge is 0.339 e. The molecule has 9 heteroatoms. The number of Topliss-reactive ketones (excluding diaryl/α,β-unsaturated/α-hetero) is 1. The van der Waals surface area contributed by atoms with Gasteiger partial charge in [-0.3, -0.25) is 14.4 Å². The van der Waals surface area contributed by atoms with Crippen molar-refractivity contribution in [2.45, 2.75) is 11.8 Å². The largest absolute Gasteiger partial charge is 0.497 e. The highest BCUT2D eigenvalue weighted by molar-refractivity contribution is 8.00. The molecule has 0 bridgehead atoms. The van der Waals surface area contributed by atoms with Crippen molar-refractivity contribution in [3.05, 3.63) is 83.9 Å². The number of methoxy groups -OCH3 is 1. The average molecular weight is 493 g/mol. The van der Waals surface area contributed by atoms with Crippen LogP contribution in [0.1, 0.15) is 27.6 Å². The molecule has 3 aromatic rings. The first kappa shape index (κ1) is 25.5. The molecule has 2 amide bonds. The maximum atomic E-state index is 12.6. The highest BCUT2D eigenvalue weighted by Crippen LogP contribution is 2.24. The molecule has 0 aliphatic rings. The van der Waals surface area contributed by atoms with E-state index < -0.39 is 18.5 Å². The third-order valence-corrected chi connectivity index (χ3v) is 5.81. The Hall–Kier alpha value is -4.11. The third-order valence-electron chi connectivity index (χ3n) is 4.73. The molecule has 0 unspecified atom stereocenters. The van der Waals surface area contributed by atoms with Crippen molar-refractivity contribution in [1.29, 1.82) is 0 Å². The van der Waals surface area contributed by atoms with Gasteiger partial charge < -0.3 is 20.1 Å². The molecule has 8 nitrogen and oxygen atoms in total. The number of hydrogen-bond acceptors (Lipinski definition) is 7. The summed E-state index contributed by atoms with van der Waals surface area (Å²) in [6, 6.07) is 20.2. The van der Waals surface area contributed by atoms with Gasteiger partial charge >= 0.3 is 5.97 Å². The van der Waals surface area contributed by atoms with Crippen LogP contribution in [-0.2, 0) is 14.3 Å². The van der Waals surface area contributed by atoms with Crippen molar-refractivity contribution in [1.82, 2.24) is 0 Å². The average Bonchev–Trinajstić information content (AvgIpc) is 2.86. The van der Waals surface area contributed by atoms with Crippen molar-refractivity contribution in [3.8, 4) is 5.75 Å². The zero-order valence-electron chi connectivity index (χ0n) is 19.2. The van der Waals surface area contributed by atoms with Gasteiger partial charge in [0, 0.05) is 22.2 Å². The summed E-state index contributed by atoms with van der Waals surface area (Å²) in [6.45, 7) is 0.872. The van der Waals surface area contributed by atoms with Gasteiger partial charge in [-0.15, -0.1) is 11.8 Å². The molecular weight excluding hydrogens is 468 g/mol. The highest BCUT2D eigenvalue weighted by atomic mass is 32.2. The summed E-state index contributed by atoms with van der Waals surface area (Å²) in [4.78, 5) is 49.5. The summed E-state index contributed by atoms with van der Waals surface area (Å²) in [5, 5.41) is 5.36. The topological polar surface area (TPSA) is 111 Å². The van der Waals surface area contributed by atoms with E-state index in [1.165, 1.54) is 18.7 Å². The van der Waals surface area contributed by atoms with Crippen LogP contribution in [-0.4, -0.2) is 43.0 Å². The van der Waals surface area contributed by atoms with Gasteiger partial charge in [0.05, 0.1) is 24.1 Å². The number of hydrogen-bond donors (Lipinski definition) is 2. The van der Waals surface area contributed by atoms with Crippen LogP contribution in [0, 0.1) is 0 Å². The van der Waals surface area contributed by atoms with Crippen molar-refractivity contribution < 1.29 is 28.7 Å². The second-order valence-electron chi connectivity index (χ2n) is 7.29. The lowest BCUT2D eigenvalue weighted by molar-refractivity contribution is -0.119. The number of carbonyl (C=O) groups excluding carboxylic acids is 4. The number of para-hydroxylation sites is 1. The number of rotatable bonds is 10. The Bertz CT molecular complexity index is 1240. The zero-order chi connectivity index (χ0) is 25.2. The quantitative estimate of drug-likeness (QED) is 0.245. The lowest BCUT2D eigenvalue weighted by atomic mass is 10.1. The van der Waals surface area contributed by atoms with Crippen molar-refractivity contribution >= 4 is 46.7 Å². The molecule has 0 aliphatic heterocycles. The summed E-state index contributed by atoms with van der Waals surface area (Å²) in [5.74, 6) is -1.04. The Balaban J connectivity index is 1.56. The van der Waals surface area contributed by atoms with Gasteiger partial charge in [-0.05, 0) is 43.3 Å². The van der Waals surface area contributed by atoms with Crippen LogP contribution in [0.25, 0.3) is 0 Å². The number of thioether (sulfide) groups is 1. The lowest BCUT2D eigenvalue weighted by Gasteiger charge is -2.11. The second-order valence-corrected chi connectivity index (χ2v) is 8.31. The molecular formula is C26H24N2O6S. The first-order chi connectivity index (χ1) is 16.9. The van der Waals surface area contributed by atoms with E-state index in [1.807, 2.05) is 0 Å². The van der Waals surface area contributed by atoms with Gasteiger partial charge in [0.25, 0.3) is 5.91 Å². The van der Waals surface area contributed by atoms with Crippen molar-refractivity contribution in [3.63, 3.8) is 0 Å². The lowest BCUT2D eigenvalue weighted by Crippen LogP contribution is -2.22. The number of ketones is 1. The van der Waals surface area contributed by atoms with Crippen LogP contribution >= 0.6 is 11.8 Å². The molecule has 35 heavy (non-hydrogen) atoms. The summed E-state index contributed by atoms with van der Waals surface area (Å²) in [6.07, 6.45) is 0. The molecule has 0 saturated heterocycles. The first-order valence-electron chi connectivity index (χ1n) is 10.6. The fourth-order valence-electron chi connectivity index (χ4n) is 3.10. The van der Waals surface area contributed by atoms with Gasteiger partial charge in [-0.1, -0.05) is 30.3 Å². The molecule has 0 heterocycles. The van der Waals surface area contributed by atoms with Crippen LogP contribution in [0.3, 0.4) is 0 Å². The fourth-order valence-corrected chi connectivity index (χ4v) is 3.94. The molecule has 0 aromatic heterocycles. The normalized spacial score (nSPS) is 10.2. The third kappa shape index (κ3) is 7.44. The molecule has 180 valence electrons. The van der Waals surface area contributed by atoms with E-state index in [1.54, 1.807) is 79.9 Å². The number of carbonyl (C=O) groups is 4. The van der Waals surface area contributed by atoms with Gasteiger partial charge in [-0.2, -0.15) is 0 Å². The second kappa shape index (κ2) is 12.4. The molecule has 2 N–H and O–H groups in total. The van der Waals surface area contributed by atoms with Crippen LogP contribution in [0.15, 0.2) is 77.7 Å². The van der Waals surface area contributed by atoms with Crippen LogP contribution in [0.5, 0.6) is 5.75 Å². The SMILES string of the molecule is COc1cccc(NC(=O)CSc2ccccc2C(=O)OCC(=O)Nc2ccccc2C(C)=O)c1. The standard InChI is InChI=1S/C26H24N2O6S/c1-17(29)20-10-3-5-12-22(20)28-24(30)15-34-26(32)21-11-4-6-13-23(21)35-16-25(31)27-18-8-7-9-19(14-18)33-2/h3-14H,15-16H2,1-2H3,(H,27,31)(H,28,30). The Morgan fingerprint density at radius 2 is 1.54 bits per heavy atom. The van der Waals surface area contributed by atoms with E-state index in [4.69, 9.17) is 9.47 Å². The van der Waals surface area contributed by atoms with Crippen LogP contribution in [0.2, 0.25) is 0 Å². The highest BCUT2D eigenvalue weighted by Gasteiger charge is 2.17. The predicted molar refractivity (Wildman–Crippen MR) is 134 cm³/mol. The minimum absolute atomic E-state index is 0.0593. The Morgan fingerprint density at radius 1 is 0.829 bits per heavy atom. The molecule has 0 radical (unpaired) electrons. The van der Waals surface area contributed by atoms with E-state index in [2.05, 4.69) is 10.6 Å². The minimum atomic E-state index is -0.698. The molecule has 3 rings (SSSR count). The Labute approximate surface area is 207 Å². The zero-order valence-corrected chi connectivity index (χ0v) is 20.0. The first-order valence-corrected chi connectivity index (χ1v) is 11.6. The van der Waals surface area contributed by atoms with Gasteiger partial charge in [-0.25, -0.2) is 4.79 Å². The molecule has 3 aromatic carbocycles. The van der Waals surface area contributed by atoms with E-state index in [0.717, 1.165) is 0 Å². The van der Waals surface area contributed by atoms with Crippen LogP contribution in [0.4, 0.5) is 11.4 Å².